The zero-order valence-corrected chi connectivity index (χ0v) is 13.7. The molecule has 1 aromatic rings. The summed E-state index contributed by atoms with van der Waals surface area (Å²) in [6.07, 6.45) is 3.44. The van der Waals surface area contributed by atoms with Crippen LogP contribution in [0.4, 0.5) is 0 Å². The van der Waals surface area contributed by atoms with E-state index >= 15 is 0 Å². The maximum atomic E-state index is 12.5. The Hall–Kier alpha value is -1.85. The van der Waals surface area contributed by atoms with E-state index in [2.05, 4.69) is 29.6 Å². The van der Waals surface area contributed by atoms with Crippen molar-refractivity contribution in [3.8, 4) is 0 Å². The lowest BCUT2D eigenvalue weighted by atomic mass is 10.1. The Morgan fingerprint density at radius 2 is 2.27 bits per heavy atom. The highest BCUT2D eigenvalue weighted by Crippen LogP contribution is 2.12. The van der Waals surface area contributed by atoms with Gasteiger partial charge in [0, 0.05) is 13.1 Å². The number of carbonyl (C=O) groups excluding carboxylic acids is 2. The number of nitrogens with zero attached hydrogens (tertiary/aromatic N) is 2. The van der Waals surface area contributed by atoms with Crippen molar-refractivity contribution in [3.05, 3.63) is 17.5 Å². The molecule has 6 nitrogen and oxygen atoms in total. The predicted molar refractivity (Wildman–Crippen MR) is 84.6 cm³/mol. The van der Waals surface area contributed by atoms with Crippen LogP contribution in [0.2, 0.25) is 0 Å². The van der Waals surface area contributed by atoms with Crippen LogP contribution >= 0.6 is 0 Å². The highest BCUT2D eigenvalue weighted by molar-refractivity contribution is 5.96. The molecule has 1 atom stereocenters. The second kappa shape index (κ2) is 7.42. The quantitative estimate of drug-likeness (QED) is 0.865. The summed E-state index contributed by atoms with van der Waals surface area (Å²) in [4.78, 5) is 24.4. The number of aromatic nitrogens is 2. The molecule has 1 aliphatic heterocycles. The van der Waals surface area contributed by atoms with E-state index in [0.29, 0.717) is 31.1 Å². The van der Waals surface area contributed by atoms with E-state index in [4.69, 9.17) is 0 Å². The Labute approximate surface area is 131 Å². The van der Waals surface area contributed by atoms with E-state index in [0.717, 1.165) is 25.0 Å². The summed E-state index contributed by atoms with van der Waals surface area (Å²) >= 11 is 0. The molecule has 122 valence electrons. The first-order valence-corrected chi connectivity index (χ1v) is 8.16. The maximum Gasteiger partial charge on any atom is 0.270 e. The Balaban J connectivity index is 2.10. The van der Waals surface area contributed by atoms with Gasteiger partial charge >= 0.3 is 0 Å². The zero-order chi connectivity index (χ0) is 16.1. The van der Waals surface area contributed by atoms with Gasteiger partial charge in [0.1, 0.15) is 11.7 Å². The first-order valence-electron chi connectivity index (χ1n) is 8.16. The second-order valence-corrected chi connectivity index (χ2v) is 6.25. The number of aryl methyl sites for hydroxylation is 1. The summed E-state index contributed by atoms with van der Waals surface area (Å²) in [6.45, 7) is 7.54. The number of carbonyl (C=O) groups is 2. The van der Waals surface area contributed by atoms with E-state index in [-0.39, 0.29) is 11.8 Å². The smallest absolute Gasteiger partial charge is 0.270 e. The Morgan fingerprint density at radius 1 is 1.50 bits per heavy atom. The largest absolute Gasteiger partial charge is 0.354 e. The molecular formula is C16H26N4O2. The van der Waals surface area contributed by atoms with E-state index in [1.54, 1.807) is 4.68 Å². The minimum atomic E-state index is -0.441. The predicted octanol–water partition coefficient (Wildman–Crippen LogP) is 1.50. The van der Waals surface area contributed by atoms with Gasteiger partial charge in [0.25, 0.3) is 5.91 Å². The third kappa shape index (κ3) is 4.08. The van der Waals surface area contributed by atoms with Gasteiger partial charge in [0.2, 0.25) is 5.91 Å². The van der Waals surface area contributed by atoms with E-state index in [9.17, 15) is 9.59 Å². The summed E-state index contributed by atoms with van der Waals surface area (Å²) in [7, 11) is 0. The van der Waals surface area contributed by atoms with Crippen LogP contribution in [-0.2, 0) is 17.8 Å². The van der Waals surface area contributed by atoms with Gasteiger partial charge in [-0.05, 0) is 44.6 Å². The minimum absolute atomic E-state index is 0.0872. The number of hydrogen-bond acceptors (Lipinski definition) is 3. The van der Waals surface area contributed by atoms with Crippen molar-refractivity contribution in [3.63, 3.8) is 0 Å². The van der Waals surface area contributed by atoms with E-state index in [1.165, 1.54) is 0 Å². The molecule has 0 bridgehead atoms. The first-order chi connectivity index (χ1) is 10.5. The molecule has 1 aliphatic rings. The number of hydrogen-bond donors (Lipinski definition) is 2. The standard InChI is InChI=1S/C16H26N4O2/c1-4-20-14(10-12(19-20)9-11(2)3)16(22)18-13-7-5-6-8-17-15(13)21/h10-11,13H,4-9H2,1-3H3,(H,17,21)(H,18,22). The van der Waals surface area contributed by atoms with Crippen molar-refractivity contribution >= 4 is 11.8 Å². The van der Waals surface area contributed by atoms with Gasteiger partial charge < -0.3 is 10.6 Å². The van der Waals surface area contributed by atoms with Gasteiger partial charge in [0.15, 0.2) is 0 Å². The topological polar surface area (TPSA) is 76.0 Å². The summed E-state index contributed by atoms with van der Waals surface area (Å²) in [6, 6.07) is 1.40. The van der Waals surface area contributed by atoms with Gasteiger partial charge in [0.05, 0.1) is 5.69 Å². The molecule has 6 heteroatoms. The van der Waals surface area contributed by atoms with Crippen molar-refractivity contribution in [2.24, 2.45) is 5.92 Å². The van der Waals surface area contributed by atoms with Crippen LogP contribution in [0.1, 0.15) is 56.2 Å². The summed E-state index contributed by atoms with van der Waals surface area (Å²) in [5.41, 5.74) is 1.46. The van der Waals surface area contributed by atoms with Gasteiger partial charge in [-0.2, -0.15) is 5.10 Å². The van der Waals surface area contributed by atoms with Crippen LogP contribution in [0.25, 0.3) is 0 Å². The van der Waals surface area contributed by atoms with Gasteiger partial charge in [-0.15, -0.1) is 0 Å². The third-order valence-corrected chi connectivity index (χ3v) is 3.82. The Bertz CT molecular complexity index is 536. The van der Waals surface area contributed by atoms with Gasteiger partial charge in [-0.25, -0.2) is 0 Å². The second-order valence-electron chi connectivity index (χ2n) is 6.25. The molecule has 0 saturated carbocycles. The fourth-order valence-corrected chi connectivity index (χ4v) is 2.72. The van der Waals surface area contributed by atoms with Crippen molar-refractivity contribution in [1.82, 2.24) is 20.4 Å². The van der Waals surface area contributed by atoms with Crippen LogP contribution in [0.5, 0.6) is 0 Å². The molecule has 0 radical (unpaired) electrons. The lowest BCUT2D eigenvalue weighted by Crippen LogP contribution is -2.45. The molecular weight excluding hydrogens is 280 g/mol. The third-order valence-electron chi connectivity index (χ3n) is 3.82. The molecule has 0 spiro atoms. The van der Waals surface area contributed by atoms with Crippen LogP contribution in [0, 0.1) is 5.92 Å². The fraction of sp³-hybridized carbons (Fsp3) is 0.688. The molecule has 22 heavy (non-hydrogen) atoms. The molecule has 2 amide bonds. The molecule has 1 aromatic heterocycles. The molecule has 0 aliphatic carbocycles. The number of rotatable bonds is 5. The molecule has 1 saturated heterocycles. The molecule has 1 unspecified atom stereocenters. The Kier molecular flexibility index (Phi) is 5.57. The van der Waals surface area contributed by atoms with Crippen molar-refractivity contribution < 1.29 is 9.59 Å². The van der Waals surface area contributed by atoms with Gasteiger partial charge in [-0.1, -0.05) is 13.8 Å². The summed E-state index contributed by atoms with van der Waals surface area (Å²) < 4.78 is 1.71. The molecule has 2 heterocycles. The van der Waals surface area contributed by atoms with Crippen LogP contribution in [-0.4, -0.2) is 34.2 Å². The average molecular weight is 306 g/mol. The van der Waals surface area contributed by atoms with E-state index in [1.807, 2.05) is 13.0 Å². The summed E-state index contributed by atoms with van der Waals surface area (Å²) in [5.74, 6) is 0.186. The van der Waals surface area contributed by atoms with Crippen molar-refractivity contribution in [2.45, 2.75) is 59.0 Å². The fourth-order valence-electron chi connectivity index (χ4n) is 2.72. The minimum Gasteiger partial charge on any atom is -0.354 e. The molecule has 0 aromatic carbocycles. The average Bonchev–Trinajstić information content (AvgIpc) is 2.76. The zero-order valence-electron chi connectivity index (χ0n) is 13.7. The molecule has 1 fully saturated rings. The molecule has 2 rings (SSSR count). The number of nitrogens with one attached hydrogen (secondary N) is 2. The highest BCUT2D eigenvalue weighted by Gasteiger charge is 2.24. The molecule has 2 N–H and O–H groups in total. The first kappa shape index (κ1) is 16.5. The van der Waals surface area contributed by atoms with Crippen LogP contribution in [0.15, 0.2) is 6.07 Å². The van der Waals surface area contributed by atoms with Crippen LogP contribution < -0.4 is 10.6 Å². The number of amides is 2. The van der Waals surface area contributed by atoms with Crippen molar-refractivity contribution in [2.75, 3.05) is 6.54 Å². The maximum absolute atomic E-state index is 12.5. The Morgan fingerprint density at radius 3 is 2.95 bits per heavy atom. The lowest BCUT2D eigenvalue weighted by Gasteiger charge is -2.15. The summed E-state index contributed by atoms with van der Waals surface area (Å²) in [5, 5.41) is 10.2. The van der Waals surface area contributed by atoms with Crippen molar-refractivity contribution in [1.29, 1.82) is 0 Å². The normalized spacial score (nSPS) is 18.9. The monoisotopic (exact) mass is 306 g/mol. The van der Waals surface area contributed by atoms with E-state index < -0.39 is 6.04 Å². The van der Waals surface area contributed by atoms with Crippen LogP contribution in [0.3, 0.4) is 0 Å². The lowest BCUT2D eigenvalue weighted by molar-refractivity contribution is -0.122. The SMILES string of the molecule is CCn1nc(CC(C)C)cc1C(=O)NC1CCCCNC1=O. The highest BCUT2D eigenvalue weighted by atomic mass is 16.2. The van der Waals surface area contributed by atoms with Gasteiger partial charge in [-0.3, -0.25) is 14.3 Å².